The Kier molecular flexibility index (Phi) is 3.46. The van der Waals surface area contributed by atoms with Crippen molar-refractivity contribution in [3.05, 3.63) is 71.4 Å². The number of nitriles is 1. The van der Waals surface area contributed by atoms with Crippen molar-refractivity contribution in [1.82, 2.24) is 15.4 Å². The lowest BCUT2D eigenvalue weighted by atomic mass is 9.98. The summed E-state index contributed by atoms with van der Waals surface area (Å²) in [6.07, 6.45) is -0.719. The van der Waals surface area contributed by atoms with E-state index in [9.17, 15) is 5.11 Å². The summed E-state index contributed by atoms with van der Waals surface area (Å²) in [6, 6.07) is 18.7. The number of H-pyrrole nitrogens is 1. The highest BCUT2D eigenvalue weighted by molar-refractivity contribution is 5.65. The molecule has 0 saturated heterocycles. The first kappa shape index (κ1) is 13.0. The highest BCUT2D eigenvalue weighted by atomic mass is 16.3. The highest BCUT2D eigenvalue weighted by Crippen LogP contribution is 2.26. The van der Waals surface area contributed by atoms with Crippen molar-refractivity contribution in [3.63, 3.8) is 0 Å². The maximum Gasteiger partial charge on any atom is 0.190 e. The first-order chi connectivity index (χ1) is 10.3. The molecule has 0 aliphatic carbocycles. The number of nitrogens with zero attached hydrogens (tertiary/aromatic N) is 3. The van der Waals surface area contributed by atoms with E-state index in [-0.39, 0.29) is 5.69 Å². The molecular weight excluding hydrogens is 264 g/mol. The number of nitrogens with one attached hydrogen (secondary N) is 1. The molecule has 1 atom stereocenters. The Hall–Kier alpha value is -2.97. The van der Waals surface area contributed by atoms with Crippen molar-refractivity contribution in [2.75, 3.05) is 0 Å². The van der Waals surface area contributed by atoms with Gasteiger partial charge in [0.25, 0.3) is 0 Å². The van der Waals surface area contributed by atoms with Crippen LogP contribution in [0.3, 0.4) is 0 Å². The molecule has 3 aromatic rings. The minimum atomic E-state index is -0.719. The Morgan fingerprint density at radius 2 is 1.76 bits per heavy atom. The number of hydrogen-bond acceptors (Lipinski definition) is 4. The molecule has 3 rings (SSSR count). The van der Waals surface area contributed by atoms with Crippen LogP contribution in [0.1, 0.15) is 22.9 Å². The monoisotopic (exact) mass is 276 g/mol. The van der Waals surface area contributed by atoms with E-state index in [1.807, 2.05) is 60.7 Å². The summed E-state index contributed by atoms with van der Waals surface area (Å²) in [5.41, 5.74) is 3.02. The molecule has 5 nitrogen and oxygen atoms in total. The van der Waals surface area contributed by atoms with Crippen LogP contribution in [-0.4, -0.2) is 20.5 Å². The fraction of sp³-hybridized carbons (Fsp3) is 0.0625. The van der Waals surface area contributed by atoms with Gasteiger partial charge < -0.3 is 5.11 Å². The molecule has 102 valence electrons. The molecule has 1 heterocycles. The molecule has 1 aromatic heterocycles. The molecule has 0 aliphatic rings. The molecule has 0 bridgehead atoms. The van der Waals surface area contributed by atoms with Crippen LogP contribution in [0.15, 0.2) is 54.6 Å². The molecule has 0 fully saturated rings. The number of aromatic nitrogens is 3. The predicted molar refractivity (Wildman–Crippen MR) is 77.0 cm³/mol. The summed E-state index contributed by atoms with van der Waals surface area (Å²) in [4.78, 5) is 0. The number of benzene rings is 2. The third-order valence-electron chi connectivity index (χ3n) is 3.24. The average Bonchev–Trinajstić information content (AvgIpc) is 3.04. The quantitative estimate of drug-likeness (QED) is 0.769. The third-order valence-corrected chi connectivity index (χ3v) is 3.24. The SMILES string of the molecule is N#Cc1n[nH]nc1-c1cccc(C(O)c2ccccc2)c1. The minimum absolute atomic E-state index is 0.237. The second kappa shape index (κ2) is 5.57. The topological polar surface area (TPSA) is 85.6 Å². The van der Waals surface area contributed by atoms with Gasteiger partial charge in [-0.3, -0.25) is 0 Å². The molecule has 5 heteroatoms. The molecule has 2 aromatic carbocycles. The molecule has 0 spiro atoms. The lowest BCUT2D eigenvalue weighted by Gasteiger charge is -2.12. The number of hydrogen-bond donors (Lipinski definition) is 2. The summed E-state index contributed by atoms with van der Waals surface area (Å²) >= 11 is 0. The lowest BCUT2D eigenvalue weighted by Crippen LogP contribution is -1.99. The number of aromatic amines is 1. The van der Waals surface area contributed by atoms with Gasteiger partial charge in [0, 0.05) is 5.56 Å². The van der Waals surface area contributed by atoms with Gasteiger partial charge in [0.1, 0.15) is 17.9 Å². The fourth-order valence-corrected chi connectivity index (χ4v) is 2.19. The maximum atomic E-state index is 10.4. The van der Waals surface area contributed by atoms with E-state index >= 15 is 0 Å². The van der Waals surface area contributed by atoms with Crippen molar-refractivity contribution >= 4 is 0 Å². The van der Waals surface area contributed by atoms with E-state index in [4.69, 9.17) is 5.26 Å². The van der Waals surface area contributed by atoms with Crippen molar-refractivity contribution < 1.29 is 5.11 Å². The van der Waals surface area contributed by atoms with Crippen LogP contribution < -0.4 is 0 Å². The Labute approximate surface area is 121 Å². The van der Waals surface area contributed by atoms with Gasteiger partial charge in [-0.25, -0.2) is 0 Å². The van der Waals surface area contributed by atoms with Gasteiger partial charge in [-0.2, -0.15) is 15.6 Å². The van der Waals surface area contributed by atoms with Crippen molar-refractivity contribution in [3.8, 4) is 17.3 Å². The summed E-state index contributed by atoms with van der Waals surface area (Å²) < 4.78 is 0. The van der Waals surface area contributed by atoms with Gasteiger partial charge in [0.15, 0.2) is 5.69 Å². The van der Waals surface area contributed by atoms with Crippen LogP contribution in [0.25, 0.3) is 11.3 Å². The Bertz CT molecular complexity index is 789. The van der Waals surface area contributed by atoms with Gasteiger partial charge in [-0.05, 0) is 17.2 Å². The fourth-order valence-electron chi connectivity index (χ4n) is 2.19. The van der Waals surface area contributed by atoms with Crippen LogP contribution in [0.4, 0.5) is 0 Å². The molecule has 2 N–H and O–H groups in total. The molecular formula is C16H12N4O. The van der Waals surface area contributed by atoms with Crippen LogP contribution >= 0.6 is 0 Å². The van der Waals surface area contributed by atoms with Crippen LogP contribution in [0, 0.1) is 11.3 Å². The van der Waals surface area contributed by atoms with Gasteiger partial charge in [-0.1, -0.05) is 48.5 Å². The zero-order chi connectivity index (χ0) is 14.7. The van der Waals surface area contributed by atoms with Crippen LogP contribution in [0.5, 0.6) is 0 Å². The summed E-state index contributed by atoms with van der Waals surface area (Å²) in [7, 11) is 0. The Morgan fingerprint density at radius 3 is 2.52 bits per heavy atom. The van der Waals surface area contributed by atoms with Gasteiger partial charge in [0.05, 0.1) is 0 Å². The third kappa shape index (κ3) is 2.53. The summed E-state index contributed by atoms with van der Waals surface area (Å²) in [5, 5.41) is 29.7. The standard InChI is InChI=1S/C16H12N4O/c17-10-14-15(19-20-18-14)12-7-4-8-13(9-12)16(21)11-5-2-1-3-6-11/h1-9,16,21H,(H,18,19,20). The Morgan fingerprint density at radius 1 is 1.00 bits per heavy atom. The minimum Gasteiger partial charge on any atom is -0.384 e. The van der Waals surface area contributed by atoms with Crippen molar-refractivity contribution in [2.45, 2.75) is 6.10 Å². The van der Waals surface area contributed by atoms with E-state index in [1.54, 1.807) is 0 Å². The number of rotatable bonds is 3. The largest absolute Gasteiger partial charge is 0.384 e. The van der Waals surface area contributed by atoms with E-state index < -0.39 is 6.10 Å². The molecule has 1 unspecified atom stereocenters. The van der Waals surface area contributed by atoms with E-state index in [0.29, 0.717) is 5.69 Å². The van der Waals surface area contributed by atoms with Crippen molar-refractivity contribution in [2.24, 2.45) is 0 Å². The maximum absolute atomic E-state index is 10.4. The highest BCUT2D eigenvalue weighted by Gasteiger charge is 2.14. The van der Waals surface area contributed by atoms with Gasteiger partial charge in [0.2, 0.25) is 0 Å². The van der Waals surface area contributed by atoms with Crippen LogP contribution in [0.2, 0.25) is 0 Å². The average molecular weight is 276 g/mol. The van der Waals surface area contributed by atoms with E-state index in [2.05, 4.69) is 15.4 Å². The van der Waals surface area contributed by atoms with E-state index in [0.717, 1.165) is 16.7 Å². The molecule has 21 heavy (non-hydrogen) atoms. The van der Waals surface area contributed by atoms with Gasteiger partial charge in [-0.15, -0.1) is 5.10 Å². The van der Waals surface area contributed by atoms with Crippen LogP contribution in [-0.2, 0) is 0 Å². The predicted octanol–water partition coefficient (Wildman–Crippen LogP) is 2.43. The second-order valence-electron chi connectivity index (χ2n) is 4.57. The van der Waals surface area contributed by atoms with Crippen molar-refractivity contribution in [1.29, 1.82) is 5.26 Å². The normalized spacial score (nSPS) is 11.8. The van der Waals surface area contributed by atoms with E-state index in [1.165, 1.54) is 0 Å². The summed E-state index contributed by atoms with van der Waals surface area (Å²) in [5.74, 6) is 0. The molecule has 0 radical (unpaired) electrons. The lowest BCUT2D eigenvalue weighted by molar-refractivity contribution is 0.220. The number of aliphatic hydroxyl groups is 1. The first-order valence-electron chi connectivity index (χ1n) is 6.44. The second-order valence-corrected chi connectivity index (χ2v) is 4.57. The van der Waals surface area contributed by atoms with Gasteiger partial charge >= 0.3 is 0 Å². The zero-order valence-electron chi connectivity index (χ0n) is 11.1. The molecule has 0 saturated carbocycles. The summed E-state index contributed by atoms with van der Waals surface area (Å²) in [6.45, 7) is 0. The molecule has 0 amide bonds. The Balaban J connectivity index is 2.00. The number of aliphatic hydroxyl groups excluding tert-OH is 1. The zero-order valence-corrected chi connectivity index (χ0v) is 11.1. The first-order valence-corrected chi connectivity index (χ1v) is 6.44. The molecule has 0 aliphatic heterocycles. The smallest absolute Gasteiger partial charge is 0.190 e.